The van der Waals surface area contributed by atoms with Gasteiger partial charge in [0.1, 0.15) is 28.3 Å². The molecule has 0 saturated carbocycles. The zero-order chi connectivity index (χ0) is 43.3. The highest BCUT2D eigenvalue weighted by Gasteiger charge is 2.55. The first kappa shape index (κ1) is 44.7. The number of alkyl carbamates (subject to hydrolysis) is 1. The van der Waals surface area contributed by atoms with Crippen molar-refractivity contribution in [3.63, 3.8) is 0 Å². The molecule has 2 aromatic rings. The summed E-state index contributed by atoms with van der Waals surface area (Å²) in [5.74, 6) is -3.55. The number of ether oxygens (including phenoxy) is 3. The van der Waals surface area contributed by atoms with Gasteiger partial charge in [0.05, 0.1) is 7.05 Å². The van der Waals surface area contributed by atoms with E-state index in [0.29, 0.717) is 5.57 Å². The minimum absolute atomic E-state index is 0.000315. The highest BCUT2D eigenvalue weighted by molar-refractivity contribution is 8.00. The van der Waals surface area contributed by atoms with Crippen molar-refractivity contribution in [1.29, 1.82) is 0 Å². The first-order valence-corrected chi connectivity index (χ1v) is 19.3. The number of β-lactam (4-membered cyclic amide) rings is 1. The number of nitrogens with two attached hydrogens (primary N) is 2. The summed E-state index contributed by atoms with van der Waals surface area (Å²) in [4.78, 5) is 99.5. The van der Waals surface area contributed by atoms with Gasteiger partial charge in [-0.05, 0) is 55.4 Å². The monoisotopic (exact) mass is 851 g/mol. The molecule has 0 radical (unpaired) electrons. The molecule has 0 aliphatic carbocycles. The molecule has 2 atom stereocenters. The molecule has 4 heterocycles. The second-order valence-corrected chi connectivity index (χ2v) is 17.1. The second-order valence-electron chi connectivity index (χ2n) is 15.2. The van der Waals surface area contributed by atoms with Crippen molar-refractivity contribution < 1.29 is 57.3 Å². The maximum absolute atomic E-state index is 13.7. The number of aromatic nitrogens is 4. The van der Waals surface area contributed by atoms with Crippen LogP contribution in [0.5, 0.6) is 0 Å². The topological polar surface area (TPSA) is 307 Å². The largest absolute Gasteiger partial charge is 0.457 e. The summed E-state index contributed by atoms with van der Waals surface area (Å²) in [6.45, 7) is 13.0. The third kappa shape index (κ3) is 11.1. The van der Waals surface area contributed by atoms with E-state index in [1.807, 2.05) is 0 Å². The van der Waals surface area contributed by atoms with Crippen LogP contribution in [0, 0.1) is 0 Å². The summed E-state index contributed by atoms with van der Waals surface area (Å²) >= 11 is 1.97. The van der Waals surface area contributed by atoms with E-state index >= 15 is 0 Å². The Morgan fingerprint density at radius 3 is 2.29 bits per heavy atom. The Bertz CT molecular complexity index is 2030. The zero-order valence-corrected chi connectivity index (χ0v) is 34.9. The molecule has 25 heteroatoms. The number of amides is 5. The number of rotatable bonds is 14. The van der Waals surface area contributed by atoms with E-state index in [0.717, 1.165) is 16.4 Å². The molecule has 1 fully saturated rings. The lowest BCUT2D eigenvalue weighted by atomic mass is 10.0. The molecule has 1 saturated heterocycles. The molecule has 0 bridgehead atoms. The van der Waals surface area contributed by atoms with Crippen LogP contribution in [-0.2, 0) is 56.6 Å². The van der Waals surface area contributed by atoms with Crippen LogP contribution in [0.4, 0.5) is 26.2 Å². The SMILES string of the molecule is Cn1c(N)c(NC(=O)NCCNC(=O)OC(C)(C)C)c[n+]1CC1=C(C(=O)OC=O)N2C(=O)[C@@H](NC(=O)/C(=N\OC(C)(C)C(=O)OC(C)(C)C)c3nsc(N)n3)[C@H]2SC1. The molecule has 8 N–H and O–H groups in total. The number of carbonyl (C=O) groups excluding carboxylic acids is 7. The molecule has 2 aliphatic heterocycles. The number of nitrogen functional groups attached to an aromatic ring is 2. The maximum atomic E-state index is 13.7. The molecule has 23 nitrogen and oxygen atoms in total. The standard InChI is InChI=1S/C33H46N12O11S2/c1-31(2,3)54-27(50)33(7,8)56-41-18(22-40-28(35)58-42-22)23(47)39-19-24(48)45-20(26(49)53-15-46)16(14-57-25(19)45)12-44-13-17(21(34)43(44)9)38-29(51)36-10-11-37-30(52)55-32(4,5)6/h13,15,19,25,34H,10-12,14H2,1-9H3,(H6,35,36,37,38,39,40,42,47,51,52)/p+1/b41-18-/t19-,25-/m1/s1. The molecule has 0 spiro atoms. The molecule has 0 aromatic carbocycles. The number of esters is 2. The van der Waals surface area contributed by atoms with Crippen LogP contribution >= 0.6 is 23.3 Å². The van der Waals surface area contributed by atoms with Gasteiger partial charge >= 0.3 is 30.5 Å². The van der Waals surface area contributed by atoms with Gasteiger partial charge in [-0.15, -0.1) is 21.1 Å². The van der Waals surface area contributed by atoms with Gasteiger partial charge in [0.25, 0.3) is 11.8 Å². The first-order chi connectivity index (χ1) is 26.9. The van der Waals surface area contributed by atoms with Crippen LogP contribution in [0.15, 0.2) is 22.6 Å². The van der Waals surface area contributed by atoms with Crippen LogP contribution in [0.2, 0.25) is 0 Å². The number of anilines is 3. The summed E-state index contributed by atoms with van der Waals surface area (Å²) < 4.78 is 22.3. The van der Waals surface area contributed by atoms with Crippen molar-refractivity contribution >= 4 is 88.0 Å². The molecule has 0 unspecified atom stereocenters. The van der Waals surface area contributed by atoms with Crippen molar-refractivity contribution in [2.24, 2.45) is 12.2 Å². The molecule has 316 valence electrons. The number of urea groups is 1. The van der Waals surface area contributed by atoms with Gasteiger partial charge in [-0.3, -0.25) is 24.6 Å². The summed E-state index contributed by atoms with van der Waals surface area (Å²) in [6, 6.07) is -1.83. The Morgan fingerprint density at radius 2 is 1.69 bits per heavy atom. The fourth-order valence-electron chi connectivity index (χ4n) is 5.09. The Hall–Kier alpha value is -5.98. The highest BCUT2D eigenvalue weighted by atomic mass is 32.2. The number of nitrogens with zero attached hydrogens (tertiary/aromatic N) is 6. The lowest BCUT2D eigenvalue weighted by Gasteiger charge is -2.49. The van der Waals surface area contributed by atoms with Crippen LogP contribution in [0.1, 0.15) is 61.2 Å². The van der Waals surface area contributed by atoms with Crippen LogP contribution in [0.25, 0.3) is 0 Å². The number of hydrogen-bond acceptors (Lipinski definition) is 18. The van der Waals surface area contributed by atoms with Gasteiger partial charge in [-0.2, -0.15) is 9.36 Å². The Balaban J connectivity index is 1.49. The van der Waals surface area contributed by atoms with E-state index in [1.165, 1.54) is 36.5 Å². The van der Waals surface area contributed by atoms with E-state index in [2.05, 4.69) is 40.5 Å². The molecule has 58 heavy (non-hydrogen) atoms. The average molecular weight is 852 g/mol. The minimum Gasteiger partial charge on any atom is -0.457 e. The van der Waals surface area contributed by atoms with Gasteiger partial charge in [-0.25, -0.2) is 19.2 Å². The van der Waals surface area contributed by atoms with E-state index in [9.17, 15) is 33.6 Å². The number of nitrogens with one attached hydrogen (secondary N) is 4. The zero-order valence-electron chi connectivity index (χ0n) is 33.3. The van der Waals surface area contributed by atoms with Gasteiger partial charge in [0.2, 0.25) is 23.3 Å². The van der Waals surface area contributed by atoms with E-state index in [1.54, 1.807) is 53.3 Å². The van der Waals surface area contributed by atoms with Crippen LogP contribution in [-0.4, -0.2) is 114 Å². The smallest absolute Gasteiger partial charge is 0.407 e. The van der Waals surface area contributed by atoms with Crippen molar-refractivity contribution in [1.82, 2.24) is 34.9 Å². The molecule has 4 rings (SSSR count). The molecule has 5 amide bonds. The van der Waals surface area contributed by atoms with Crippen molar-refractivity contribution in [2.75, 3.05) is 35.6 Å². The summed E-state index contributed by atoms with van der Waals surface area (Å²) in [5.41, 5.74) is 8.64. The third-order valence-electron chi connectivity index (χ3n) is 7.77. The quantitative estimate of drug-likeness (QED) is 0.0166. The molecule has 2 aromatic heterocycles. The summed E-state index contributed by atoms with van der Waals surface area (Å²) in [6.07, 6.45) is 0.857. The second kappa shape index (κ2) is 17.7. The number of thioether (sulfide) groups is 1. The molecule has 2 aliphatic rings. The highest BCUT2D eigenvalue weighted by Crippen LogP contribution is 2.41. The Labute approximate surface area is 340 Å². The van der Waals surface area contributed by atoms with Crippen molar-refractivity contribution in [3.8, 4) is 0 Å². The van der Waals surface area contributed by atoms with Crippen molar-refractivity contribution in [2.45, 2.75) is 90.2 Å². The number of fused-ring (bicyclic) bond motifs is 1. The predicted molar refractivity (Wildman–Crippen MR) is 207 cm³/mol. The van der Waals surface area contributed by atoms with Gasteiger partial charge in [0, 0.05) is 35.9 Å². The van der Waals surface area contributed by atoms with Gasteiger partial charge in [0.15, 0.2) is 23.2 Å². The fraction of sp³-hybridized carbons (Fsp3) is 0.545. The fourth-order valence-corrected chi connectivity index (χ4v) is 6.86. The number of carbonyl (C=O) groups is 7. The van der Waals surface area contributed by atoms with E-state index in [4.69, 9.17) is 25.8 Å². The van der Waals surface area contributed by atoms with Gasteiger partial charge in [-0.1, -0.05) is 5.16 Å². The van der Waals surface area contributed by atoms with Crippen LogP contribution in [0.3, 0.4) is 0 Å². The summed E-state index contributed by atoms with van der Waals surface area (Å²) in [5, 5.41) is 13.3. The molecular weight excluding hydrogens is 805 g/mol. The van der Waals surface area contributed by atoms with Gasteiger partial charge < -0.3 is 46.5 Å². The lowest BCUT2D eigenvalue weighted by Crippen LogP contribution is -2.71. The predicted octanol–water partition coefficient (Wildman–Crippen LogP) is -0.130. The Kier molecular flexibility index (Phi) is 13.6. The number of hydrogen-bond donors (Lipinski definition) is 6. The maximum Gasteiger partial charge on any atom is 0.407 e. The van der Waals surface area contributed by atoms with Crippen molar-refractivity contribution in [3.05, 3.63) is 23.3 Å². The third-order valence-corrected chi connectivity index (χ3v) is 9.66. The Morgan fingerprint density at radius 1 is 1.03 bits per heavy atom. The van der Waals surface area contributed by atoms with E-state index < -0.39 is 69.8 Å². The first-order valence-electron chi connectivity index (χ1n) is 17.5. The molecular formula is C33H47N12O11S2+. The lowest BCUT2D eigenvalue weighted by molar-refractivity contribution is -0.765. The summed E-state index contributed by atoms with van der Waals surface area (Å²) in [7, 11) is 1.59. The minimum atomic E-state index is -1.66. The number of oxime groups is 1. The average Bonchev–Trinajstić information content (AvgIpc) is 3.65. The normalized spacial score (nSPS) is 17.0. The van der Waals surface area contributed by atoms with Crippen LogP contribution < -0.4 is 37.4 Å². The van der Waals surface area contributed by atoms with E-state index in [-0.39, 0.29) is 60.0 Å².